The Morgan fingerprint density at radius 3 is 3.00 bits per heavy atom. The number of hydrogen-bond acceptors (Lipinski definition) is 3. The monoisotopic (exact) mass is 211 g/mol. The molecule has 0 unspecified atom stereocenters. The van der Waals surface area contributed by atoms with Crippen molar-refractivity contribution in [2.24, 2.45) is 7.05 Å². The minimum atomic E-state index is 0.361. The highest BCUT2D eigenvalue weighted by molar-refractivity contribution is 5.08. The summed E-state index contributed by atoms with van der Waals surface area (Å²) in [5.41, 5.74) is 1.23. The van der Waals surface area contributed by atoms with Crippen molar-refractivity contribution in [2.45, 2.75) is 26.3 Å². The summed E-state index contributed by atoms with van der Waals surface area (Å²) in [5.74, 6) is 0. The zero-order chi connectivity index (χ0) is 11.1. The van der Waals surface area contributed by atoms with Gasteiger partial charge in [0.15, 0.2) is 0 Å². The van der Waals surface area contributed by atoms with Crippen LogP contribution in [-0.4, -0.2) is 29.5 Å². The van der Waals surface area contributed by atoms with Crippen LogP contribution in [0, 0.1) is 0 Å². The first-order valence-corrected chi connectivity index (χ1v) is 5.53. The van der Waals surface area contributed by atoms with Gasteiger partial charge in [-0.15, -0.1) is 0 Å². The average molecular weight is 211 g/mol. The quantitative estimate of drug-likeness (QED) is 0.695. The fourth-order valence-corrected chi connectivity index (χ4v) is 1.42. The van der Waals surface area contributed by atoms with E-state index in [2.05, 4.69) is 17.3 Å². The van der Waals surface area contributed by atoms with Gasteiger partial charge in [-0.1, -0.05) is 0 Å². The second kappa shape index (κ2) is 6.58. The number of aryl methyl sites for hydroxylation is 1. The molecular weight excluding hydrogens is 190 g/mol. The van der Waals surface area contributed by atoms with E-state index >= 15 is 0 Å². The molecule has 0 aliphatic heterocycles. The molecule has 0 bridgehead atoms. The fraction of sp³-hybridized carbons (Fsp3) is 0.727. The maximum atomic E-state index is 5.27. The van der Waals surface area contributed by atoms with Gasteiger partial charge in [0.25, 0.3) is 0 Å². The van der Waals surface area contributed by atoms with Gasteiger partial charge in [0, 0.05) is 38.1 Å². The van der Waals surface area contributed by atoms with Crippen LogP contribution in [0.2, 0.25) is 0 Å². The van der Waals surface area contributed by atoms with E-state index in [-0.39, 0.29) is 0 Å². The van der Waals surface area contributed by atoms with Crippen LogP contribution in [-0.2, 0) is 11.8 Å². The third-order valence-corrected chi connectivity index (χ3v) is 2.34. The van der Waals surface area contributed by atoms with E-state index in [0.717, 1.165) is 26.2 Å². The molecule has 1 aromatic rings. The summed E-state index contributed by atoms with van der Waals surface area (Å²) in [7, 11) is 1.94. The van der Waals surface area contributed by atoms with Crippen LogP contribution in [0.25, 0.3) is 0 Å². The predicted octanol–water partition coefficient (Wildman–Crippen LogP) is 1.50. The number of nitrogens with zero attached hydrogens (tertiary/aromatic N) is 2. The van der Waals surface area contributed by atoms with Crippen LogP contribution >= 0.6 is 0 Å². The summed E-state index contributed by atoms with van der Waals surface area (Å²) in [5, 5.41) is 7.59. The Labute approximate surface area is 91.6 Å². The van der Waals surface area contributed by atoms with Crippen molar-refractivity contribution in [3.63, 3.8) is 0 Å². The molecule has 0 aromatic carbocycles. The van der Waals surface area contributed by atoms with Crippen LogP contribution < -0.4 is 5.32 Å². The number of nitrogens with one attached hydrogen (secondary N) is 1. The second-order valence-electron chi connectivity index (χ2n) is 3.67. The molecule has 0 radical (unpaired) electrons. The summed E-state index contributed by atoms with van der Waals surface area (Å²) in [4.78, 5) is 0. The molecule has 86 valence electrons. The largest absolute Gasteiger partial charge is 0.382 e. The molecule has 0 saturated heterocycles. The van der Waals surface area contributed by atoms with Crippen LogP contribution in [0.4, 0.5) is 0 Å². The lowest BCUT2D eigenvalue weighted by Crippen LogP contribution is -2.20. The Hall–Kier alpha value is -0.870. The van der Waals surface area contributed by atoms with Crippen molar-refractivity contribution in [1.82, 2.24) is 15.1 Å². The summed E-state index contributed by atoms with van der Waals surface area (Å²) < 4.78 is 7.10. The average Bonchev–Trinajstić information content (AvgIpc) is 2.64. The summed E-state index contributed by atoms with van der Waals surface area (Å²) in [6.45, 7) is 6.79. The number of ether oxygens (including phenoxy) is 1. The standard InChI is InChI=1S/C11H21N3O/c1-4-15-7-5-6-12-10(2)11-8-13-14(3)9-11/h8-10,12H,4-7H2,1-3H3/t10-/m1/s1. The molecule has 0 aliphatic rings. The molecule has 0 amide bonds. The lowest BCUT2D eigenvalue weighted by Gasteiger charge is -2.11. The lowest BCUT2D eigenvalue weighted by atomic mass is 10.2. The molecular formula is C11H21N3O. The van der Waals surface area contributed by atoms with E-state index in [1.807, 2.05) is 31.0 Å². The van der Waals surface area contributed by atoms with E-state index < -0.39 is 0 Å². The zero-order valence-corrected chi connectivity index (χ0v) is 9.86. The minimum absolute atomic E-state index is 0.361. The lowest BCUT2D eigenvalue weighted by molar-refractivity contribution is 0.144. The van der Waals surface area contributed by atoms with Gasteiger partial charge in [-0.2, -0.15) is 5.10 Å². The summed E-state index contributed by atoms with van der Waals surface area (Å²) in [6, 6.07) is 0.361. The van der Waals surface area contributed by atoms with Gasteiger partial charge >= 0.3 is 0 Å². The zero-order valence-electron chi connectivity index (χ0n) is 9.86. The van der Waals surface area contributed by atoms with Gasteiger partial charge in [-0.25, -0.2) is 0 Å². The third kappa shape index (κ3) is 4.44. The van der Waals surface area contributed by atoms with Crippen molar-refractivity contribution in [3.8, 4) is 0 Å². The van der Waals surface area contributed by atoms with Crippen molar-refractivity contribution in [3.05, 3.63) is 18.0 Å². The summed E-state index contributed by atoms with van der Waals surface area (Å²) >= 11 is 0. The Morgan fingerprint density at radius 2 is 2.40 bits per heavy atom. The first kappa shape index (κ1) is 12.2. The van der Waals surface area contributed by atoms with E-state index in [0.29, 0.717) is 6.04 Å². The highest BCUT2D eigenvalue weighted by Gasteiger charge is 2.05. The normalized spacial score (nSPS) is 13.0. The van der Waals surface area contributed by atoms with Crippen molar-refractivity contribution in [1.29, 1.82) is 0 Å². The van der Waals surface area contributed by atoms with E-state index in [1.165, 1.54) is 5.56 Å². The van der Waals surface area contributed by atoms with Gasteiger partial charge < -0.3 is 10.1 Å². The highest BCUT2D eigenvalue weighted by Crippen LogP contribution is 2.09. The molecule has 0 saturated carbocycles. The van der Waals surface area contributed by atoms with Gasteiger partial charge in [-0.05, 0) is 26.8 Å². The SMILES string of the molecule is CCOCCCN[C@H](C)c1cnn(C)c1. The molecule has 0 fully saturated rings. The fourth-order valence-electron chi connectivity index (χ4n) is 1.42. The maximum Gasteiger partial charge on any atom is 0.0537 e. The third-order valence-electron chi connectivity index (χ3n) is 2.34. The van der Waals surface area contributed by atoms with E-state index in [4.69, 9.17) is 4.74 Å². The second-order valence-corrected chi connectivity index (χ2v) is 3.67. The van der Waals surface area contributed by atoms with Crippen LogP contribution in [0.3, 0.4) is 0 Å². The van der Waals surface area contributed by atoms with E-state index in [9.17, 15) is 0 Å². The molecule has 1 aromatic heterocycles. The smallest absolute Gasteiger partial charge is 0.0537 e. The van der Waals surface area contributed by atoms with Gasteiger partial charge in [0.2, 0.25) is 0 Å². The molecule has 0 spiro atoms. The molecule has 1 heterocycles. The van der Waals surface area contributed by atoms with Crippen molar-refractivity contribution in [2.75, 3.05) is 19.8 Å². The van der Waals surface area contributed by atoms with E-state index in [1.54, 1.807) is 0 Å². The van der Waals surface area contributed by atoms with Crippen molar-refractivity contribution >= 4 is 0 Å². The van der Waals surface area contributed by atoms with Gasteiger partial charge in [-0.3, -0.25) is 4.68 Å². The maximum absolute atomic E-state index is 5.27. The first-order valence-electron chi connectivity index (χ1n) is 5.53. The Balaban J connectivity index is 2.16. The highest BCUT2D eigenvalue weighted by atomic mass is 16.5. The molecule has 1 atom stereocenters. The van der Waals surface area contributed by atoms with Crippen molar-refractivity contribution < 1.29 is 4.74 Å². The summed E-state index contributed by atoms with van der Waals surface area (Å²) in [6.07, 6.45) is 5.00. The number of hydrogen-bond donors (Lipinski definition) is 1. The van der Waals surface area contributed by atoms with Gasteiger partial charge in [0.05, 0.1) is 6.20 Å². The van der Waals surface area contributed by atoms with Crippen LogP contribution in [0.1, 0.15) is 31.9 Å². The topological polar surface area (TPSA) is 39.1 Å². The Bertz CT molecular complexity index is 273. The molecule has 15 heavy (non-hydrogen) atoms. The van der Waals surface area contributed by atoms with Crippen LogP contribution in [0.15, 0.2) is 12.4 Å². The molecule has 1 rings (SSSR count). The molecule has 1 N–H and O–H groups in total. The minimum Gasteiger partial charge on any atom is -0.382 e. The predicted molar refractivity (Wildman–Crippen MR) is 60.7 cm³/mol. The molecule has 0 aliphatic carbocycles. The molecule has 4 nitrogen and oxygen atoms in total. The number of rotatable bonds is 7. The Kier molecular flexibility index (Phi) is 5.36. The van der Waals surface area contributed by atoms with Crippen LogP contribution in [0.5, 0.6) is 0 Å². The molecule has 4 heteroatoms. The first-order chi connectivity index (χ1) is 7.24. The number of aromatic nitrogens is 2. The van der Waals surface area contributed by atoms with Gasteiger partial charge in [0.1, 0.15) is 0 Å². The Morgan fingerprint density at radius 1 is 1.60 bits per heavy atom.